The lowest BCUT2D eigenvalue weighted by Crippen LogP contribution is -2.49. The van der Waals surface area contributed by atoms with Gasteiger partial charge in [-0.1, -0.05) is 68.2 Å². The van der Waals surface area contributed by atoms with Crippen LogP contribution in [0.4, 0.5) is 10.5 Å². The molecule has 0 N–H and O–H groups in total. The lowest BCUT2D eigenvalue weighted by Gasteiger charge is -2.26. The highest BCUT2D eigenvalue weighted by Crippen LogP contribution is 2.55. The van der Waals surface area contributed by atoms with Crippen LogP contribution in [-0.4, -0.2) is 31.5 Å². The molecule has 2 aliphatic rings. The third-order valence-electron chi connectivity index (χ3n) is 5.98. The van der Waals surface area contributed by atoms with Crippen molar-refractivity contribution in [2.75, 3.05) is 4.90 Å². The van der Waals surface area contributed by atoms with Crippen LogP contribution in [0, 0.1) is 0 Å². The van der Waals surface area contributed by atoms with E-state index in [4.69, 9.17) is 4.74 Å². The summed E-state index contributed by atoms with van der Waals surface area (Å²) in [7, 11) is -2.12. The molecule has 4 rings (SSSR count). The van der Waals surface area contributed by atoms with Crippen molar-refractivity contribution < 1.29 is 19.1 Å². The van der Waals surface area contributed by atoms with Crippen LogP contribution in [0.5, 0.6) is 0 Å². The van der Waals surface area contributed by atoms with Crippen LogP contribution in [0.15, 0.2) is 59.8 Å². The highest BCUT2D eigenvalue weighted by atomic mass is 28.3. The third kappa shape index (κ3) is 3.34. The molecule has 1 heterocycles. The van der Waals surface area contributed by atoms with Crippen molar-refractivity contribution in [2.45, 2.75) is 57.8 Å². The maximum absolute atomic E-state index is 14.2. The zero-order valence-electron chi connectivity index (χ0n) is 19.5. The van der Waals surface area contributed by atoms with E-state index < -0.39 is 31.1 Å². The molecule has 0 bridgehead atoms. The Kier molecular flexibility index (Phi) is 5.05. The van der Waals surface area contributed by atoms with Crippen molar-refractivity contribution in [3.8, 4) is 0 Å². The molecule has 0 radical (unpaired) electrons. The topological polar surface area (TPSA) is 63.7 Å². The fraction of sp³-hybridized carbons (Fsp3) is 0.346. The molecule has 0 aromatic heterocycles. The summed E-state index contributed by atoms with van der Waals surface area (Å²) < 4.78 is 5.54. The summed E-state index contributed by atoms with van der Waals surface area (Å²) in [6.07, 6.45) is -0.493. The summed E-state index contributed by atoms with van der Waals surface area (Å²) in [5.74, 6) is -0.682. The van der Waals surface area contributed by atoms with Crippen LogP contribution in [0.2, 0.25) is 19.6 Å². The molecule has 2 aromatic carbocycles. The molecule has 1 spiro atoms. The number of ether oxygens (including phenoxy) is 1. The van der Waals surface area contributed by atoms with Crippen molar-refractivity contribution in [3.63, 3.8) is 0 Å². The molecular formula is C26H29NO4Si. The van der Waals surface area contributed by atoms with E-state index in [9.17, 15) is 14.4 Å². The molecule has 2 amide bonds. The monoisotopic (exact) mass is 447 g/mol. The summed E-state index contributed by atoms with van der Waals surface area (Å²) in [5.41, 5.74) is 0.708. The van der Waals surface area contributed by atoms with Crippen molar-refractivity contribution in [2.24, 2.45) is 0 Å². The number of fused-ring (bicyclic) bond motifs is 2. The Hall–Kier alpha value is -2.99. The minimum absolute atomic E-state index is 0.168. The first-order chi connectivity index (χ1) is 14.9. The quantitative estimate of drug-likeness (QED) is 0.450. The number of Topliss-reactive ketones (excluding diaryl/α,β-unsaturated/α-hetero) is 1. The normalized spacial score (nSPS) is 20.9. The number of allylic oxidation sites excluding steroid dienone is 2. The summed E-state index contributed by atoms with van der Waals surface area (Å²) in [5, 5.41) is 0.776. The molecule has 0 saturated heterocycles. The molecule has 0 saturated carbocycles. The van der Waals surface area contributed by atoms with Crippen molar-refractivity contribution >= 4 is 37.1 Å². The average Bonchev–Trinajstić information content (AvgIpc) is 3.14. The van der Waals surface area contributed by atoms with E-state index in [0.29, 0.717) is 11.3 Å². The number of benzene rings is 2. The van der Waals surface area contributed by atoms with Gasteiger partial charge in [0.25, 0.3) is 5.91 Å². The second kappa shape index (κ2) is 7.27. The first-order valence-corrected chi connectivity index (χ1v) is 14.4. The maximum Gasteiger partial charge on any atom is 0.421 e. The van der Waals surface area contributed by atoms with Crippen LogP contribution in [0.25, 0.3) is 5.57 Å². The first-order valence-electron chi connectivity index (χ1n) is 10.9. The number of nitrogens with zero attached hydrogens (tertiary/aromatic N) is 1. The van der Waals surface area contributed by atoms with E-state index in [1.807, 2.05) is 36.4 Å². The van der Waals surface area contributed by atoms with Crippen molar-refractivity contribution in [1.82, 2.24) is 0 Å². The minimum Gasteiger partial charge on any atom is -0.443 e. The Morgan fingerprint density at radius 2 is 1.56 bits per heavy atom. The third-order valence-corrected chi connectivity index (χ3v) is 8.01. The van der Waals surface area contributed by atoms with E-state index in [1.165, 1.54) is 0 Å². The fourth-order valence-corrected chi connectivity index (χ4v) is 6.82. The molecule has 0 fully saturated rings. The van der Waals surface area contributed by atoms with Gasteiger partial charge in [0.05, 0.1) is 13.8 Å². The molecule has 2 aromatic rings. The molecule has 166 valence electrons. The molecule has 6 heteroatoms. The number of imide groups is 1. The van der Waals surface area contributed by atoms with E-state index >= 15 is 0 Å². The summed E-state index contributed by atoms with van der Waals surface area (Å²) >= 11 is 0. The van der Waals surface area contributed by atoms with Gasteiger partial charge in [-0.2, -0.15) is 0 Å². The van der Waals surface area contributed by atoms with Gasteiger partial charge in [0.2, 0.25) is 0 Å². The van der Waals surface area contributed by atoms with Gasteiger partial charge in [-0.15, -0.1) is 0 Å². The highest BCUT2D eigenvalue weighted by Gasteiger charge is 2.63. The molecule has 1 aliphatic heterocycles. The van der Waals surface area contributed by atoms with Gasteiger partial charge in [-0.25, -0.2) is 9.69 Å². The van der Waals surface area contributed by atoms with Crippen LogP contribution < -0.4 is 4.90 Å². The lowest BCUT2D eigenvalue weighted by atomic mass is 9.77. The van der Waals surface area contributed by atoms with E-state index in [-0.39, 0.29) is 12.2 Å². The van der Waals surface area contributed by atoms with Gasteiger partial charge in [-0.05, 0) is 49.6 Å². The van der Waals surface area contributed by atoms with Gasteiger partial charge in [0, 0.05) is 5.56 Å². The van der Waals surface area contributed by atoms with Gasteiger partial charge in [-0.3, -0.25) is 9.59 Å². The van der Waals surface area contributed by atoms with E-state index in [1.54, 1.807) is 39.0 Å². The lowest BCUT2D eigenvalue weighted by molar-refractivity contribution is -0.130. The van der Waals surface area contributed by atoms with Crippen LogP contribution in [0.1, 0.15) is 38.3 Å². The number of hydrogen-bond donors (Lipinski definition) is 0. The average molecular weight is 448 g/mol. The highest BCUT2D eigenvalue weighted by molar-refractivity contribution is 6.89. The Labute approximate surface area is 190 Å². The van der Waals surface area contributed by atoms with Crippen LogP contribution in [-0.2, 0) is 19.7 Å². The SMILES string of the molecule is CC(C)(C)OC(=O)N1C(=O)[C@]2(CC(c3ccccc3)=C([Si](C)(C)C)C2=O)c2ccccc21. The Balaban J connectivity index is 1.90. The van der Waals surface area contributed by atoms with Crippen molar-refractivity contribution in [1.29, 1.82) is 0 Å². The van der Waals surface area contributed by atoms with Crippen molar-refractivity contribution in [3.05, 3.63) is 70.9 Å². The smallest absolute Gasteiger partial charge is 0.421 e. The molecule has 0 unspecified atom stereocenters. The predicted molar refractivity (Wildman–Crippen MR) is 128 cm³/mol. The van der Waals surface area contributed by atoms with Gasteiger partial charge in [0.15, 0.2) is 5.78 Å². The molecule has 32 heavy (non-hydrogen) atoms. The fourth-order valence-electron chi connectivity index (χ4n) is 4.79. The van der Waals surface area contributed by atoms with Gasteiger partial charge < -0.3 is 4.74 Å². The van der Waals surface area contributed by atoms with Crippen LogP contribution in [0.3, 0.4) is 0 Å². The number of carbonyl (C=O) groups is 3. The number of amides is 2. The largest absolute Gasteiger partial charge is 0.443 e. The number of para-hydroxylation sites is 1. The zero-order chi connectivity index (χ0) is 23.5. The number of rotatable bonds is 2. The minimum atomic E-state index is -2.12. The number of hydrogen-bond acceptors (Lipinski definition) is 4. The number of anilines is 1. The summed E-state index contributed by atoms with van der Waals surface area (Å²) in [6.45, 7) is 11.6. The molecule has 1 atom stereocenters. The van der Waals surface area contributed by atoms with E-state index in [0.717, 1.165) is 21.2 Å². The van der Waals surface area contributed by atoms with Gasteiger partial charge in [0.1, 0.15) is 11.0 Å². The maximum atomic E-state index is 14.2. The number of carbonyl (C=O) groups excluding carboxylic acids is 3. The Morgan fingerprint density at radius 1 is 0.969 bits per heavy atom. The van der Waals surface area contributed by atoms with E-state index in [2.05, 4.69) is 19.6 Å². The summed E-state index contributed by atoms with van der Waals surface area (Å²) in [6, 6.07) is 16.9. The summed E-state index contributed by atoms with van der Waals surface area (Å²) in [4.78, 5) is 42.3. The first kappa shape index (κ1) is 22.2. The second-order valence-corrected chi connectivity index (χ2v) is 15.5. The Bertz CT molecular complexity index is 1150. The zero-order valence-corrected chi connectivity index (χ0v) is 20.5. The standard InChI is InChI=1S/C26H29NO4Si/c1-25(2,3)31-24(30)27-20-15-11-10-14-19(20)26(23(27)29)16-18(17-12-8-7-9-13-17)21(22(26)28)32(4,5)6/h7-15H,16H2,1-6H3/t26-/m1/s1. The predicted octanol–water partition coefficient (Wildman–Crippen LogP) is 5.51. The molecular weight excluding hydrogens is 418 g/mol. The number of ketones is 1. The van der Waals surface area contributed by atoms with Gasteiger partial charge >= 0.3 is 6.09 Å². The molecule has 1 aliphatic carbocycles. The van der Waals surface area contributed by atoms with Crippen LogP contribution >= 0.6 is 0 Å². The Morgan fingerprint density at radius 3 is 2.16 bits per heavy atom. The molecule has 5 nitrogen and oxygen atoms in total. The second-order valence-electron chi connectivity index (χ2n) is 10.5.